The molecule has 0 fully saturated rings. The molecule has 0 spiro atoms. The van der Waals surface area contributed by atoms with Crippen LogP contribution in [0.5, 0.6) is 0 Å². The first-order valence-corrected chi connectivity index (χ1v) is 3.94. The zero-order valence-electron chi connectivity index (χ0n) is 6.45. The number of nitrogens with zero attached hydrogens (tertiary/aromatic N) is 2. The fourth-order valence-electron chi connectivity index (χ4n) is 0.973. The van der Waals surface area contributed by atoms with Crippen molar-refractivity contribution >= 4 is 17.2 Å². The van der Waals surface area contributed by atoms with Gasteiger partial charge in [0, 0.05) is 24.9 Å². The van der Waals surface area contributed by atoms with E-state index < -0.39 is 0 Å². The number of hydrogen-bond donors (Lipinski definition) is 1. The van der Waals surface area contributed by atoms with Crippen molar-refractivity contribution in [1.82, 2.24) is 9.78 Å². The molecule has 0 unspecified atom stereocenters. The van der Waals surface area contributed by atoms with Crippen LogP contribution in [0.25, 0.3) is 0 Å². The highest BCUT2D eigenvalue weighted by molar-refractivity contribution is 7.80. The summed E-state index contributed by atoms with van der Waals surface area (Å²) in [4.78, 5) is 0.514. The highest BCUT2D eigenvalue weighted by atomic mass is 32.1. The summed E-state index contributed by atoms with van der Waals surface area (Å²) >= 11 is 4.79. The Morgan fingerprint density at radius 1 is 1.82 bits per heavy atom. The maximum absolute atomic E-state index is 5.40. The zero-order chi connectivity index (χ0) is 8.27. The second kappa shape index (κ2) is 3.48. The molecule has 0 aliphatic heterocycles. The Morgan fingerprint density at radius 3 is 3.09 bits per heavy atom. The Hall–Kier alpha value is -0.900. The average molecular weight is 169 g/mol. The maximum atomic E-state index is 5.40. The van der Waals surface area contributed by atoms with Crippen LogP contribution in [0.2, 0.25) is 0 Å². The van der Waals surface area contributed by atoms with Gasteiger partial charge in [-0.3, -0.25) is 4.68 Å². The Kier molecular flexibility index (Phi) is 2.59. The minimum absolute atomic E-state index is 0.514. The van der Waals surface area contributed by atoms with Gasteiger partial charge in [-0.25, -0.2) is 0 Å². The third-order valence-electron chi connectivity index (χ3n) is 1.46. The highest BCUT2D eigenvalue weighted by Crippen LogP contribution is 1.99. The molecule has 3 nitrogen and oxygen atoms in total. The van der Waals surface area contributed by atoms with Crippen molar-refractivity contribution in [2.75, 3.05) is 0 Å². The van der Waals surface area contributed by atoms with E-state index >= 15 is 0 Å². The Labute approximate surface area is 71.2 Å². The molecule has 0 amide bonds. The van der Waals surface area contributed by atoms with Gasteiger partial charge >= 0.3 is 0 Å². The van der Waals surface area contributed by atoms with Crippen LogP contribution in [0.4, 0.5) is 0 Å². The number of aryl methyl sites for hydroxylation is 1. The van der Waals surface area contributed by atoms with Crippen molar-refractivity contribution in [3.8, 4) is 0 Å². The van der Waals surface area contributed by atoms with Crippen LogP contribution >= 0.6 is 12.2 Å². The number of rotatable bonds is 3. The fraction of sp³-hybridized carbons (Fsp3) is 0.429. The summed E-state index contributed by atoms with van der Waals surface area (Å²) in [6.45, 7) is 2.90. The van der Waals surface area contributed by atoms with E-state index in [0.717, 1.165) is 12.2 Å². The molecule has 0 aliphatic carbocycles. The SMILES string of the molecule is CCn1nccc1CC(N)=S. The highest BCUT2D eigenvalue weighted by Gasteiger charge is 2.00. The molecule has 11 heavy (non-hydrogen) atoms. The Morgan fingerprint density at radius 2 is 2.55 bits per heavy atom. The number of nitrogens with two attached hydrogens (primary N) is 1. The predicted octanol–water partition coefficient (Wildman–Crippen LogP) is 0.732. The smallest absolute Gasteiger partial charge is 0.0787 e. The van der Waals surface area contributed by atoms with Gasteiger partial charge in [-0.2, -0.15) is 5.10 Å². The van der Waals surface area contributed by atoms with E-state index in [9.17, 15) is 0 Å². The van der Waals surface area contributed by atoms with Crippen molar-refractivity contribution in [2.24, 2.45) is 5.73 Å². The van der Waals surface area contributed by atoms with E-state index in [-0.39, 0.29) is 0 Å². The topological polar surface area (TPSA) is 43.8 Å². The van der Waals surface area contributed by atoms with E-state index in [0.29, 0.717) is 11.4 Å². The molecule has 0 bridgehead atoms. The van der Waals surface area contributed by atoms with Crippen molar-refractivity contribution in [3.05, 3.63) is 18.0 Å². The van der Waals surface area contributed by atoms with Crippen LogP contribution < -0.4 is 5.73 Å². The minimum Gasteiger partial charge on any atom is -0.393 e. The summed E-state index contributed by atoms with van der Waals surface area (Å²) in [6, 6.07) is 1.93. The summed E-state index contributed by atoms with van der Waals surface area (Å²) in [5, 5.41) is 4.09. The molecular weight excluding hydrogens is 158 g/mol. The van der Waals surface area contributed by atoms with Crippen LogP contribution in [-0.4, -0.2) is 14.8 Å². The van der Waals surface area contributed by atoms with E-state index in [1.165, 1.54) is 0 Å². The molecule has 1 rings (SSSR count). The van der Waals surface area contributed by atoms with Crippen LogP contribution in [0.1, 0.15) is 12.6 Å². The van der Waals surface area contributed by atoms with E-state index in [1.807, 2.05) is 17.7 Å². The van der Waals surface area contributed by atoms with E-state index in [1.54, 1.807) is 6.20 Å². The first-order valence-electron chi connectivity index (χ1n) is 3.53. The molecule has 2 N–H and O–H groups in total. The lowest BCUT2D eigenvalue weighted by molar-refractivity contribution is 0.634. The van der Waals surface area contributed by atoms with Gasteiger partial charge in [-0.15, -0.1) is 0 Å². The largest absolute Gasteiger partial charge is 0.393 e. The summed E-state index contributed by atoms with van der Waals surface area (Å²) in [5.41, 5.74) is 6.48. The van der Waals surface area contributed by atoms with E-state index in [4.69, 9.17) is 18.0 Å². The van der Waals surface area contributed by atoms with Crippen LogP contribution in [0.3, 0.4) is 0 Å². The normalized spacial score (nSPS) is 9.91. The first-order chi connectivity index (χ1) is 5.24. The summed E-state index contributed by atoms with van der Waals surface area (Å²) in [5.74, 6) is 0. The maximum Gasteiger partial charge on any atom is 0.0787 e. The van der Waals surface area contributed by atoms with Gasteiger partial charge in [0.15, 0.2) is 0 Å². The second-order valence-corrected chi connectivity index (χ2v) is 2.81. The molecule has 0 atom stereocenters. The van der Waals surface area contributed by atoms with Gasteiger partial charge in [0.1, 0.15) is 0 Å². The fourth-order valence-corrected chi connectivity index (χ4v) is 1.12. The molecule has 0 saturated carbocycles. The molecular formula is C7H11N3S. The van der Waals surface area contributed by atoms with Gasteiger partial charge in [-0.05, 0) is 13.0 Å². The quantitative estimate of drug-likeness (QED) is 0.678. The predicted molar refractivity (Wildman–Crippen MR) is 48.4 cm³/mol. The molecule has 0 saturated heterocycles. The lowest BCUT2D eigenvalue weighted by atomic mass is 10.3. The molecule has 4 heteroatoms. The standard InChI is InChI=1S/C7H11N3S/c1-2-10-6(3-4-9-10)5-7(8)11/h3-4H,2,5H2,1H3,(H2,8,11). The van der Waals surface area contributed by atoms with Gasteiger partial charge in [0.05, 0.1) is 4.99 Å². The summed E-state index contributed by atoms with van der Waals surface area (Å²) in [7, 11) is 0. The third-order valence-corrected chi connectivity index (χ3v) is 1.60. The van der Waals surface area contributed by atoms with Crippen molar-refractivity contribution in [1.29, 1.82) is 0 Å². The monoisotopic (exact) mass is 169 g/mol. The lowest BCUT2D eigenvalue weighted by Crippen LogP contribution is -2.14. The molecule has 1 aromatic rings. The summed E-state index contributed by atoms with van der Waals surface area (Å²) in [6.07, 6.45) is 2.40. The molecule has 0 radical (unpaired) electrons. The number of thiocarbonyl (C=S) groups is 1. The van der Waals surface area contributed by atoms with Crippen molar-refractivity contribution in [2.45, 2.75) is 19.9 Å². The van der Waals surface area contributed by atoms with Crippen LogP contribution in [0, 0.1) is 0 Å². The lowest BCUT2D eigenvalue weighted by Gasteiger charge is -2.01. The minimum atomic E-state index is 0.514. The van der Waals surface area contributed by atoms with Crippen molar-refractivity contribution in [3.63, 3.8) is 0 Å². The molecule has 1 heterocycles. The number of hydrogen-bond acceptors (Lipinski definition) is 2. The van der Waals surface area contributed by atoms with Gasteiger partial charge in [0.25, 0.3) is 0 Å². The summed E-state index contributed by atoms with van der Waals surface area (Å²) < 4.78 is 1.89. The second-order valence-electron chi connectivity index (χ2n) is 2.28. The molecule has 60 valence electrons. The third kappa shape index (κ3) is 2.01. The molecule has 0 aliphatic rings. The molecule has 0 aromatic carbocycles. The average Bonchev–Trinajstić information content (AvgIpc) is 2.34. The van der Waals surface area contributed by atoms with Gasteiger partial charge < -0.3 is 5.73 Å². The van der Waals surface area contributed by atoms with Crippen molar-refractivity contribution < 1.29 is 0 Å². The number of aromatic nitrogens is 2. The van der Waals surface area contributed by atoms with Crippen LogP contribution in [0.15, 0.2) is 12.3 Å². The Balaban J connectivity index is 2.76. The van der Waals surface area contributed by atoms with Gasteiger partial charge in [-0.1, -0.05) is 12.2 Å². The van der Waals surface area contributed by atoms with Gasteiger partial charge in [0.2, 0.25) is 0 Å². The first kappa shape index (κ1) is 8.20. The Bertz CT molecular complexity index is 254. The van der Waals surface area contributed by atoms with Crippen LogP contribution in [-0.2, 0) is 13.0 Å². The van der Waals surface area contributed by atoms with E-state index in [2.05, 4.69) is 5.10 Å². The zero-order valence-corrected chi connectivity index (χ0v) is 7.27. The molecule has 1 aromatic heterocycles.